The lowest BCUT2D eigenvalue weighted by molar-refractivity contribution is 0.0951. The second kappa shape index (κ2) is 8.80. The molecule has 1 N–H and O–H groups in total. The molecule has 1 heterocycles. The van der Waals surface area contributed by atoms with Gasteiger partial charge in [0, 0.05) is 19.2 Å². The van der Waals surface area contributed by atoms with Crippen LogP contribution in [0.15, 0.2) is 24.3 Å². The van der Waals surface area contributed by atoms with Gasteiger partial charge in [0.1, 0.15) is 0 Å². The first-order chi connectivity index (χ1) is 10.3. The van der Waals surface area contributed by atoms with Crippen LogP contribution in [0.5, 0.6) is 0 Å². The number of hydrogen-bond acceptors (Lipinski definition) is 3. The molecule has 0 saturated carbocycles. The number of carbonyl (C=O) groups excluding carboxylic acids is 1. The second-order valence-corrected chi connectivity index (χ2v) is 5.64. The number of carbonyl (C=O) groups is 1. The van der Waals surface area contributed by atoms with Gasteiger partial charge in [-0.3, -0.25) is 4.79 Å². The normalized spacial score (nSPS) is 15.9. The van der Waals surface area contributed by atoms with Gasteiger partial charge >= 0.3 is 0 Å². The van der Waals surface area contributed by atoms with E-state index < -0.39 is 0 Å². The largest absolute Gasteiger partial charge is 0.380 e. The fourth-order valence-electron chi connectivity index (χ4n) is 2.71. The number of ether oxygens (including phenoxy) is 1. The molecule has 116 valence electrons. The van der Waals surface area contributed by atoms with E-state index in [1.54, 1.807) is 7.11 Å². The molecular weight excluding hydrogens is 264 g/mol. The zero-order valence-electron chi connectivity index (χ0n) is 12.9. The number of amides is 1. The first-order valence-corrected chi connectivity index (χ1v) is 7.88. The molecule has 1 amide bonds. The number of hydrogen-bond donors (Lipinski definition) is 1. The minimum absolute atomic E-state index is 0.0117. The van der Waals surface area contributed by atoms with Crippen molar-refractivity contribution in [3.8, 4) is 0 Å². The van der Waals surface area contributed by atoms with Crippen molar-refractivity contribution in [1.82, 2.24) is 10.2 Å². The van der Waals surface area contributed by atoms with E-state index in [4.69, 9.17) is 4.74 Å². The van der Waals surface area contributed by atoms with Crippen LogP contribution < -0.4 is 5.32 Å². The molecule has 0 aliphatic carbocycles. The van der Waals surface area contributed by atoms with Gasteiger partial charge in [0.25, 0.3) is 5.91 Å². The van der Waals surface area contributed by atoms with Crippen LogP contribution in [-0.4, -0.2) is 44.1 Å². The van der Waals surface area contributed by atoms with Crippen LogP contribution >= 0.6 is 0 Å². The smallest absolute Gasteiger partial charge is 0.251 e. The summed E-state index contributed by atoms with van der Waals surface area (Å²) < 4.78 is 5.06. The Labute approximate surface area is 127 Å². The minimum atomic E-state index is 0.0117. The molecule has 21 heavy (non-hydrogen) atoms. The summed E-state index contributed by atoms with van der Waals surface area (Å²) in [4.78, 5) is 14.5. The monoisotopic (exact) mass is 290 g/mol. The van der Waals surface area contributed by atoms with Crippen molar-refractivity contribution in [3.63, 3.8) is 0 Å². The number of benzene rings is 1. The van der Waals surface area contributed by atoms with Gasteiger partial charge in [-0.25, -0.2) is 0 Å². The third kappa shape index (κ3) is 5.48. The quantitative estimate of drug-likeness (QED) is 0.784. The van der Waals surface area contributed by atoms with Gasteiger partial charge in [-0.1, -0.05) is 18.6 Å². The number of nitrogens with zero attached hydrogens (tertiary/aromatic N) is 1. The van der Waals surface area contributed by atoms with Crippen LogP contribution in [0.1, 0.15) is 41.6 Å². The Kier molecular flexibility index (Phi) is 6.70. The average molecular weight is 290 g/mol. The van der Waals surface area contributed by atoms with Gasteiger partial charge in [0.05, 0.1) is 6.61 Å². The summed E-state index contributed by atoms with van der Waals surface area (Å²) in [6, 6.07) is 7.58. The van der Waals surface area contributed by atoms with E-state index in [-0.39, 0.29) is 5.91 Å². The van der Waals surface area contributed by atoms with Crippen LogP contribution in [0.4, 0.5) is 0 Å². The zero-order chi connectivity index (χ0) is 14.9. The third-order valence-corrected chi connectivity index (χ3v) is 3.91. The van der Waals surface area contributed by atoms with Gasteiger partial charge in [-0.15, -0.1) is 0 Å². The molecule has 1 aromatic rings. The standard InChI is InChI=1S/C17H26N2O2/c1-21-14-15-6-8-16(9-7-15)17(20)18-10-5-13-19-11-3-2-4-12-19/h6-9H,2-5,10-14H2,1H3,(H,18,20). The molecule has 0 unspecified atom stereocenters. The maximum Gasteiger partial charge on any atom is 0.251 e. The molecule has 0 aromatic heterocycles. The van der Waals surface area contributed by atoms with Crippen LogP contribution in [-0.2, 0) is 11.3 Å². The predicted molar refractivity (Wildman–Crippen MR) is 84.4 cm³/mol. The number of likely N-dealkylation sites (tertiary alicyclic amines) is 1. The topological polar surface area (TPSA) is 41.6 Å². The number of methoxy groups -OCH3 is 1. The lowest BCUT2D eigenvalue weighted by Crippen LogP contribution is -2.33. The molecule has 2 rings (SSSR count). The maximum atomic E-state index is 12.0. The summed E-state index contributed by atoms with van der Waals surface area (Å²) in [7, 11) is 1.67. The zero-order valence-corrected chi connectivity index (χ0v) is 12.9. The highest BCUT2D eigenvalue weighted by atomic mass is 16.5. The number of nitrogens with one attached hydrogen (secondary N) is 1. The van der Waals surface area contributed by atoms with Crippen molar-refractivity contribution >= 4 is 5.91 Å². The van der Waals surface area contributed by atoms with E-state index in [1.165, 1.54) is 32.4 Å². The maximum absolute atomic E-state index is 12.0. The molecule has 0 atom stereocenters. The Morgan fingerprint density at radius 1 is 1.19 bits per heavy atom. The van der Waals surface area contributed by atoms with E-state index in [1.807, 2.05) is 24.3 Å². The highest BCUT2D eigenvalue weighted by Gasteiger charge is 2.09. The summed E-state index contributed by atoms with van der Waals surface area (Å²) in [6.45, 7) is 4.85. The van der Waals surface area contributed by atoms with Crippen molar-refractivity contribution in [3.05, 3.63) is 35.4 Å². The van der Waals surface area contributed by atoms with Crippen molar-refractivity contribution < 1.29 is 9.53 Å². The predicted octanol–water partition coefficient (Wildman–Crippen LogP) is 2.44. The van der Waals surface area contributed by atoms with Gasteiger partial charge in [0.15, 0.2) is 0 Å². The first kappa shape index (κ1) is 16.0. The summed E-state index contributed by atoms with van der Waals surface area (Å²) in [5.74, 6) is 0.0117. The van der Waals surface area contributed by atoms with Crippen molar-refractivity contribution in [2.75, 3.05) is 33.3 Å². The second-order valence-electron chi connectivity index (χ2n) is 5.64. The van der Waals surface area contributed by atoms with Gasteiger partial charge in [-0.2, -0.15) is 0 Å². The van der Waals surface area contributed by atoms with E-state index in [0.717, 1.165) is 25.1 Å². The molecule has 0 spiro atoms. The lowest BCUT2D eigenvalue weighted by Gasteiger charge is -2.26. The van der Waals surface area contributed by atoms with E-state index in [2.05, 4.69) is 10.2 Å². The Bertz CT molecular complexity index is 425. The third-order valence-electron chi connectivity index (χ3n) is 3.91. The molecule has 4 nitrogen and oxygen atoms in total. The molecular formula is C17H26N2O2. The Morgan fingerprint density at radius 2 is 1.90 bits per heavy atom. The highest BCUT2D eigenvalue weighted by molar-refractivity contribution is 5.94. The Balaban J connectivity index is 1.66. The van der Waals surface area contributed by atoms with Crippen molar-refractivity contribution in [1.29, 1.82) is 0 Å². The lowest BCUT2D eigenvalue weighted by atomic mass is 10.1. The molecule has 0 bridgehead atoms. The van der Waals surface area contributed by atoms with Crippen molar-refractivity contribution in [2.24, 2.45) is 0 Å². The summed E-state index contributed by atoms with van der Waals surface area (Å²) in [5.41, 5.74) is 1.80. The summed E-state index contributed by atoms with van der Waals surface area (Å²) in [6.07, 6.45) is 5.03. The van der Waals surface area contributed by atoms with Crippen LogP contribution in [0.3, 0.4) is 0 Å². The van der Waals surface area contributed by atoms with E-state index in [9.17, 15) is 4.79 Å². The molecule has 1 fully saturated rings. The summed E-state index contributed by atoms with van der Waals surface area (Å²) >= 11 is 0. The van der Waals surface area contributed by atoms with Crippen LogP contribution in [0.25, 0.3) is 0 Å². The fraction of sp³-hybridized carbons (Fsp3) is 0.588. The fourth-order valence-corrected chi connectivity index (χ4v) is 2.71. The van der Waals surface area contributed by atoms with Crippen LogP contribution in [0, 0.1) is 0 Å². The summed E-state index contributed by atoms with van der Waals surface area (Å²) in [5, 5.41) is 2.99. The Hall–Kier alpha value is -1.39. The van der Waals surface area contributed by atoms with Crippen molar-refractivity contribution in [2.45, 2.75) is 32.3 Å². The van der Waals surface area contributed by atoms with Gasteiger partial charge < -0.3 is 15.0 Å². The molecule has 1 saturated heterocycles. The molecule has 1 aliphatic rings. The molecule has 1 aromatic carbocycles. The number of rotatable bonds is 7. The average Bonchev–Trinajstić information content (AvgIpc) is 2.53. The van der Waals surface area contributed by atoms with E-state index >= 15 is 0 Å². The minimum Gasteiger partial charge on any atom is -0.380 e. The highest BCUT2D eigenvalue weighted by Crippen LogP contribution is 2.08. The van der Waals surface area contributed by atoms with Gasteiger partial charge in [-0.05, 0) is 56.6 Å². The Morgan fingerprint density at radius 3 is 2.57 bits per heavy atom. The first-order valence-electron chi connectivity index (χ1n) is 7.88. The molecule has 4 heteroatoms. The molecule has 1 aliphatic heterocycles. The van der Waals surface area contributed by atoms with E-state index in [0.29, 0.717) is 12.2 Å². The molecule has 0 radical (unpaired) electrons. The number of piperidine rings is 1. The van der Waals surface area contributed by atoms with Crippen LogP contribution in [0.2, 0.25) is 0 Å². The SMILES string of the molecule is COCc1ccc(C(=O)NCCCN2CCCCC2)cc1. The van der Waals surface area contributed by atoms with Gasteiger partial charge in [0.2, 0.25) is 0 Å².